The number of ether oxygens (including phenoxy) is 2. The van der Waals surface area contributed by atoms with Crippen LogP contribution in [0.15, 0.2) is 34.9 Å². The van der Waals surface area contributed by atoms with Crippen molar-refractivity contribution in [3.63, 3.8) is 0 Å². The number of methoxy groups -OCH3 is 1. The molecule has 0 radical (unpaired) electrons. The van der Waals surface area contributed by atoms with Crippen molar-refractivity contribution in [1.29, 1.82) is 0 Å². The lowest BCUT2D eigenvalue weighted by Gasteiger charge is -2.33. The number of benzene rings is 1. The van der Waals surface area contributed by atoms with Crippen LogP contribution in [-0.2, 0) is 9.53 Å². The third-order valence-corrected chi connectivity index (χ3v) is 4.42. The van der Waals surface area contributed by atoms with Crippen molar-refractivity contribution in [1.82, 2.24) is 20.2 Å². The number of tetrazole rings is 1. The van der Waals surface area contributed by atoms with Crippen molar-refractivity contribution in [3.05, 3.63) is 40.5 Å². The lowest BCUT2D eigenvalue weighted by atomic mass is 9.88. The number of rotatable bonds is 5. The topological polar surface area (TPSA) is 91.2 Å². The van der Waals surface area contributed by atoms with Crippen LogP contribution >= 0.6 is 15.9 Å². The summed E-state index contributed by atoms with van der Waals surface area (Å²) >= 11 is 3.48. The molecule has 2 heterocycles. The van der Waals surface area contributed by atoms with E-state index in [0.717, 1.165) is 16.5 Å². The normalized spacial score (nSPS) is 19.1. The number of anilines is 1. The SMILES string of the molecule is C=C1Nc2nnnn2[C@@H](c2cc(Br)ccc2OCCC)[C@@H]1C(=O)OC. The molecule has 0 fully saturated rings. The van der Waals surface area contributed by atoms with Crippen LogP contribution in [0.4, 0.5) is 5.95 Å². The van der Waals surface area contributed by atoms with Crippen molar-refractivity contribution < 1.29 is 14.3 Å². The number of hydrogen-bond donors (Lipinski definition) is 1. The Morgan fingerprint density at radius 1 is 1.48 bits per heavy atom. The van der Waals surface area contributed by atoms with Gasteiger partial charge in [-0.2, -0.15) is 0 Å². The van der Waals surface area contributed by atoms with Crippen molar-refractivity contribution in [2.45, 2.75) is 19.4 Å². The molecule has 132 valence electrons. The molecular formula is C16H18BrN5O3. The van der Waals surface area contributed by atoms with Gasteiger partial charge in [0.2, 0.25) is 5.95 Å². The molecule has 0 unspecified atom stereocenters. The van der Waals surface area contributed by atoms with E-state index in [4.69, 9.17) is 9.47 Å². The number of nitrogens with zero attached hydrogens (tertiary/aromatic N) is 4. The average Bonchev–Trinajstić information content (AvgIpc) is 3.06. The first-order valence-corrected chi connectivity index (χ1v) is 8.59. The molecule has 2 atom stereocenters. The molecule has 1 aliphatic heterocycles. The Labute approximate surface area is 153 Å². The van der Waals surface area contributed by atoms with Gasteiger partial charge in [-0.3, -0.25) is 4.79 Å². The smallest absolute Gasteiger partial charge is 0.317 e. The molecule has 0 amide bonds. The summed E-state index contributed by atoms with van der Waals surface area (Å²) in [5, 5.41) is 14.6. The number of carbonyl (C=O) groups excluding carboxylic acids is 1. The molecule has 8 nitrogen and oxygen atoms in total. The summed E-state index contributed by atoms with van der Waals surface area (Å²) in [5.41, 5.74) is 1.25. The first-order chi connectivity index (χ1) is 12.1. The van der Waals surface area contributed by atoms with Crippen LogP contribution in [0.3, 0.4) is 0 Å². The van der Waals surface area contributed by atoms with Gasteiger partial charge in [0.25, 0.3) is 0 Å². The molecule has 0 bridgehead atoms. The summed E-state index contributed by atoms with van der Waals surface area (Å²) in [6.45, 7) is 6.55. The second-order valence-electron chi connectivity index (χ2n) is 5.57. The number of hydrogen-bond acceptors (Lipinski definition) is 7. The molecule has 2 aromatic rings. The van der Waals surface area contributed by atoms with Gasteiger partial charge in [-0.15, -0.1) is 0 Å². The highest BCUT2D eigenvalue weighted by atomic mass is 79.9. The summed E-state index contributed by atoms with van der Waals surface area (Å²) in [6, 6.07) is 5.11. The number of carbonyl (C=O) groups is 1. The summed E-state index contributed by atoms with van der Waals surface area (Å²) in [4.78, 5) is 12.4. The van der Waals surface area contributed by atoms with Gasteiger partial charge >= 0.3 is 5.97 Å². The third-order valence-electron chi connectivity index (χ3n) is 3.93. The first kappa shape index (κ1) is 17.4. The molecule has 1 aliphatic rings. The fourth-order valence-electron chi connectivity index (χ4n) is 2.82. The number of fused-ring (bicyclic) bond motifs is 1. The maximum absolute atomic E-state index is 12.4. The number of aromatic nitrogens is 4. The fourth-order valence-corrected chi connectivity index (χ4v) is 3.20. The fraction of sp³-hybridized carbons (Fsp3) is 0.375. The molecule has 3 rings (SSSR count). The van der Waals surface area contributed by atoms with Crippen LogP contribution in [0.2, 0.25) is 0 Å². The van der Waals surface area contributed by atoms with E-state index in [1.165, 1.54) is 7.11 Å². The van der Waals surface area contributed by atoms with E-state index in [1.54, 1.807) is 4.68 Å². The molecule has 0 saturated heterocycles. The molecule has 1 aromatic carbocycles. The molecule has 0 saturated carbocycles. The number of nitrogens with one attached hydrogen (secondary N) is 1. The Hall–Kier alpha value is -2.42. The molecule has 0 aliphatic carbocycles. The lowest BCUT2D eigenvalue weighted by molar-refractivity contribution is -0.145. The third kappa shape index (κ3) is 3.23. The Morgan fingerprint density at radius 3 is 3.00 bits per heavy atom. The zero-order chi connectivity index (χ0) is 18.0. The van der Waals surface area contributed by atoms with E-state index in [2.05, 4.69) is 43.4 Å². The van der Waals surface area contributed by atoms with Gasteiger partial charge in [0, 0.05) is 15.7 Å². The van der Waals surface area contributed by atoms with Gasteiger partial charge in [0.15, 0.2) is 0 Å². The molecule has 25 heavy (non-hydrogen) atoms. The molecule has 0 spiro atoms. The first-order valence-electron chi connectivity index (χ1n) is 7.80. The second kappa shape index (κ2) is 7.22. The number of halogens is 1. The minimum atomic E-state index is -0.695. The Balaban J connectivity index is 2.16. The van der Waals surface area contributed by atoms with Gasteiger partial charge < -0.3 is 14.8 Å². The quantitative estimate of drug-likeness (QED) is 0.761. The highest BCUT2D eigenvalue weighted by Gasteiger charge is 2.42. The highest BCUT2D eigenvalue weighted by Crippen LogP contribution is 2.41. The van der Waals surface area contributed by atoms with Gasteiger partial charge in [-0.05, 0) is 35.0 Å². The van der Waals surface area contributed by atoms with E-state index in [-0.39, 0.29) is 0 Å². The Morgan fingerprint density at radius 2 is 2.28 bits per heavy atom. The van der Waals surface area contributed by atoms with E-state index in [1.807, 2.05) is 25.1 Å². The minimum absolute atomic E-state index is 0.413. The molecule has 9 heteroatoms. The van der Waals surface area contributed by atoms with E-state index in [0.29, 0.717) is 24.0 Å². The van der Waals surface area contributed by atoms with Gasteiger partial charge in [-0.1, -0.05) is 34.5 Å². The predicted molar refractivity (Wildman–Crippen MR) is 94.2 cm³/mol. The predicted octanol–water partition coefficient (Wildman–Crippen LogP) is 2.54. The monoisotopic (exact) mass is 407 g/mol. The molecular weight excluding hydrogens is 390 g/mol. The Bertz CT molecular complexity index is 807. The van der Waals surface area contributed by atoms with Gasteiger partial charge in [-0.25, -0.2) is 4.68 Å². The average molecular weight is 408 g/mol. The van der Waals surface area contributed by atoms with Crippen LogP contribution in [0.1, 0.15) is 24.9 Å². The summed E-state index contributed by atoms with van der Waals surface area (Å²) < 4.78 is 13.3. The lowest BCUT2D eigenvalue weighted by Crippen LogP contribution is -2.37. The minimum Gasteiger partial charge on any atom is -0.493 e. The van der Waals surface area contributed by atoms with Crippen LogP contribution in [-0.4, -0.2) is 39.9 Å². The summed E-state index contributed by atoms with van der Waals surface area (Å²) in [6.07, 6.45) is 0.866. The van der Waals surface area contributed by atoms with Crippen molar-refractivity contribution in [3.8, 4) is 5.75 Å². The zero-order valence-corrected chi connectivity index (χ0v) is 15.5. The van der Waals surface area contributed by atoms with Crippen LogP contribution in [0, 0.1) is 5.92 Å². The summed E-state index contributed by atoms with van der Waals surface area (Å²) in [5.74, 6) is -0.0407. The van der Waals surface area contributed by atoms with Crippen LogP contribution in [0.25, 0.3) is 0 Å². The maximum atomic E-state index is 12.4. The van der Waals surface area contributed by atoms with Gasteiger partial charge in [0.05, 0.1) is 13.7 Å². The van der Waals surface area contributed by atoms with Crippen molar-refractivity contribution in [2.75, 3.05) is 19.0 Å². The van der Waals surface area contributed by atoms with E-state index < -0.39 is 17.9 Å². The summed E-state index contributed by atoms with van der Waals surface area (Å²) in [7, 11) is 1.34. The van der Waals surface area contributed by atoms with E-state index in [9.17, 15) is 4.79 Å². The number of esters is 1. The highest BCUT2D eigenvalue weighted by molar-refractivity contribution is 9.10. The molecule has 1 aromatic heterocycles. The van der Waals surface area contributed by atoms with Crippen molar-refractivity contribution >= 4 is 27.8 Å². The Kier molecular flexibility index (Phi) is 5.03. The standard InChI is InChI=1S/C16H18BrN5O3/c1-4-7-25-12-6-5-10(17)8-11(12)14-13(15(23)24-3)9(2)18-16-19-20-21-22(14)16/h5-6,8,13-14H,2,4,7H2,1,3H3,(H,18,19,21)/t13-,14+/m1/s1. The van der Waals surface area contributed by atoms with E-state index >= 15 is 0 Å². The van der Waals surface area contributed by atoms with Crippen LogP contribution in [0.5, 0.6) is 5.75 Å². The van der Waals surface area contributed by atoms with Crippen LogP contribution < -0.4 is 10.1 Å². The largest absolute Gasteiger partial charge is 0.493 e. The maximum Gasteiger partial charge on any atom is 0.317 e. The molecule has 1 N–H and O–H groups in total. The van der Waals surface area contributed by atoms with Gasteiger partial charge in [0.1, 0.15) is 17.7 Å². The van der Waals surface area contributed by atoms with Crippen molar-refractivity contribution in [2.24, 2.45) is 5.92 Å². The zero-order valence-electron chi connectivity index (χ0n) is 13.9. The second-order valence-corrected chi connectivity index (χ2v) is 6.49.